The van der Waals surface area contributed by atoms with Crippen molar-refractivity contribution in [3.8, 4) is 23.0 Å². The highest BCUT2D eigenvalue weighted by atomic mass is 16.2. The fourth-order valence-corrected chi connectivity index (χ4v) is 5.44. The molecule has 5 heteroatoms. The zero-order chi connectivity index (χ0) is 23.7. The quantitative estimate of drug-likeness (QED) is 0.415. The second-order valence-corrected chi connectivity index (χ2v) is 9.64. The average Bonchev–Trinajstić information content (AvgIpc) is 3.52. The number of hydrogen-bond acceptors (Lipinski definition) is 3. The number of carbonyl (C=O) groups excluding carboxylic acids is 1. The third-order valence-corrected chi connectivity index (χ3v) is 7.36. The van der Waals surface area contributed by atoms with E-state index in [0.717, 1.165) is 60.1 Å². The first-order valence-electron chi connectivity index (χ1n) is 12.4. The van der Waals surface area contributed by atoms with Crippen LogP contribution in [0.5, 0.6) is 0 Å². The second kappa shape index (κ2) is 9.05. The van der Waals surface area contributed by atoms with Crippen molar-refractivity contribution in [1.29, 1.82) is 0 Å². The summed E-state index contributed by atoms with van der Waals surface area (Å²) in [4.78, 5) is 15.4. The minimum Gasteiger partial charge on any atom is -0.337 e. The van der Waals surface area contributed by atoms with Gasteiger partial charge in [0.2, 0.25) is 0 Å². The van der Waals surface area contributed by atoms with Gasteiger partial charge in [-0.05, 0) is 67.1 Å². The van der Waals surface area contributed by atoms with Crippen molar-refractivity contribution in [2.24, 2.45) is 0 Å². The number of nitrogens with zero attached hydrogens (tertiary/aromatic N) is 2. The number of piperidine rings is 1. The molecule has 0 radical (unpaired) electrons. The van der Waals surface area contributed by atoms with Gasteiger partial charge in [0.15, 0.2) is 0 Å². The Morgan fingerprint density at radius 2 is 1.80 bits per heavy atom. The summed E-state index contributed by atoms with van der Waals surface area (Å²) in [6.45, 7) is 2.65. The number of aromatic nitrogens is 2. The Kier molecular flexibility index (Phi) is 5.60. The summed E-state index contributed by atoms with van der Waals surface area (Å²) < 4.78 is 0. The van der Waals surface area contributed by atoms with E-state index in [1.165, 1.54) is 12.8 Å². The summed E-state index contributed by atoms with van der Waals surface area (Å²) in [6, 6.07) is 24.2. The third kappa shape index (κ3) is 4.22. The van der Waals surface area contributed by atoms with Crippen molar-refractivity contribution < 1.29 is 4.79 Å². The molecule has 1 unspecified atom stereocenters. The molecule has 1 amide bonds. The van der Waals surface area contributed by atoms with Gasteiger partial charge < -0.3 is 10.2 Å². The highest BCUT2D eigenvalue weighted by Crippen LogP contribution is 2.31. The van der Waals surface area contributed by atoms with E-state index in [0.29, 0.717) is 11.3 Å². The molecule has 0 saturated carbocycles. The largest absolute Gasteiger partial charge is 0.337 e. The topological polar surface area (TPSA) is 61.0 Å². The van der Waals surface area contributed by atoms with Gasteiger partial charge in [-0.15, -0.1) is 0 Å². The molecule has 3 heterocycles. The lowest BCUT2D eigenvalue weighted by Crippen LogP contribution is -2.50. The fraction of sp³-hybridized carbons (Fsp3) is 0.267. The SMILES string of the molecule is O=C(c1ccc2[nH]nc(C#Cc3ccccc3-c3ccccc3)c2c1)N1CCC2(CCCCN2)C1. The first-order chi connectivity index (χ1) is 17.2. The van der Waals surface area contributed by atoms with Gasteiger partial charge in [0, 0.05) is 35.1 Å². The molecule has 174 valence electrons. The van der Waals surface area contributed by atoms with Gasteiger partial charge in [0.25, 0.3) is 5.91 Å². The number of aromatic amines is 1. The van der Waals surface area contributed by atoms with Crippen molar-refractivity contribution in [3.05, 3.63) is 89.6 Å². The van der Waals surface area contributed by atoms with Gasteiger partial charge in [-0.2, -0.15) is 5.10 Å². The predicted octanol–water partition coefficient (Wildman–Crippen LogP) is 4.99. The molecule has 2 N–H and O–H groups in total. The number of benzene rings is 3. The van der Waals surface area contributed by atoms with Crippen LogP contribution < -0.4 is 5.32 Å². The monoisotopic (exact) mass is 460 g/mol. The Morgan fingerprint density at radius 1 is 0.943 bits per heavy atom. The molecular formula is C30H28N4O. The van der Waals surface area contributed by atoms with Crippen LogP contribution in [0.15, 0.2) is 72.8 Å². The molecule has 2 aliphatic rings. The Labute approximate surface area is 205 Å². The molecule has 5 nitrogen and oxygen atoms in total. The first kappa shape index (κ1) is 21.6. The molecule has 0 aliphatic carbocycles. The van der Waals surface area contributed by atoms with Crippen LogP contribution in [0.1, 0.15) is 47.3 Å². The maximum absolute atomic E-state index is 13.4. The Morgan fingerprint density at radius 3 is 2.66 bits per heavy atom. The smallest absolute Gasteiger partial charge is 0.253 e. The summed E-state index contributed by atoms with van der Waals surface area (Å²) in [5.74, 6) is 6.65. The number of fused-ring (bicyclic) bond motifs is 1. The summed E-state index contributed by atoms with van der Waals surface area (Å²) in [7, 11) is 0. The molecule has 4 aromatic rings. The van der Waals surface area contributed by atoms with Gasteiger partial charge in [0.1, 0.15) is 5.69 Å². The number of likely N-dealkylation sites (tertiary alicyclic amines) is 1. The van der Waals surface area contributed by atoms with Gasteiger partial charge >= 0.3 is 0 Å². The van der Waals surface area contributed by atoms with E-state index in [9.17, 15) is 4.79 Å². The minimum atomic E-state index is 0.0886. The molecule has 2 aliphatic heterocycles. The Hall–Kier alpha value is -3.88. The van der Waals surface area contributed by atoms with Crippen molar-refractivity contribution in [2.45, 2.75) is 31.2 Å². The number of nitrogens with one attached hydrogen (secondary N) is 2. The molecule has 35 heavy (non-hydrogen) atoms. The fourth-order valence-electron chi connectivity index (χ4n) is 5.44. The van der Waals surface area contributed by atoms with Crippen LogP contribution in [0.3, 0.4) is 0 Å². The van der Waals surface area contributed by atoms with Crippen molar-refractivity contribution in [3.63, 3.8) is 0 Å². The van der Waals surface area contributed by atoms with Crippen molar-refractivity contribution in [2.75, 3.05) is 19.6 Å². The van der Waals surface area contributed by atoms with E-state index in [4.69, 9.17) is 0 Å². The van der Waals surface area contributed by atoms with Crippen LogP contribution in [0.25, 0.3) is 22.0 Å². The van der Waals surface area contributed by atoms with E-state index in [-0.39, 0.29) is 11.4 Å². The van der Waals surface area contributed by atoms with Gasteiger partial charge in [0.05, 0.1) is 5.52 Å². The van der Waals surface area contributed by atoms with Crippen LogP contribution in [0, 0.1) is 11.8 Å². The number of hydrogen-bond donors (Lipinski definition) is 2. The maximum Gasteiger partial charge on any atom is 0.253 e. The number of rotatable bonds is 2. The van der Waals surface area contributed by atoms with E-state index in [1.54, 1.807) is 0 Å². The number of amides is 1. The molecule has 2 fully saturated rings. The maximum atomic E-state index is 13.4. The standard InChI is InChI=1S/C30H28N4O/c35-29(34-19-17-30(21-34)16-6-7-18-31-30)24-13-15-28-26(20-24)27(32-33-28)14-12-23-10-4-5-11-25(23)22-8-2-1-3-9-22/h1-5,8-11,13,15,20,31H,6-7,16-19,21H2,(H,32,33). The molecule has 2 saturated heterocycles. The third-order valence-electron chi connectivity index (χ3n) is 7.36. The van der Waals surface area contributed by atoms with E-state index >= 15 is 0 Å². The van der Waals surface area contributed by atoms with Gasteiger partial charge in [-0.25, -0.2) is 0 Å². The number of H-pyrrole nitrogens is 1. The summed E-state index contributed by atoms with van der Waals surface area (Å²) in [5.41, 5.74) is 5.52. The lowest BCUT2D eigenvalue weighted by Gasteiger charge is -2.34. The lowest BCUT2D eigenvalue weighted by molar-refractivity contribution is 0.0775. The van der Waals surface area contributed by atoms with Gasteiger partial charge in [-0.3, -0.25) is 9.89 Å². The van der Waals surface area contributed by atoms with Crippen molar-refractivity contribution >= 4 is 16.8 Å². The van der Waals surface area contributed by atoms with Gasteiger partial charge in [-0.1, -0.05) is 60.9 Å². The molecule has 1 spiro atoms. The zero-order valence-corrected chi connectivity index (χ0v) is 19.7. The zero-order valence-electron chi connectivity index (χ0n) is 19.7. The molecule has 6 rings (SSSR count). The first-order valence-corrected chi connectivity index (χ1v) is 12.4. The van der Waals surface area contributed by atoms with Crippen LogP contribution >= 0.6 is 0 Å². The predicted molar refractivity (Wildman–Crippen MR) is 139 cm³/mol. The minimum absolute atomic E-state index is 0.0886. The normalized spacial score (nSPS) is 19.6. The second-order valence-electron chi connectivity index (χ2n) is 9.64. The summed E-state index contributed by atoms with van der Waals surface area (Å²) in [5, 5.41) is 12.1. The van der Waals surface area contributed by atoms with Crippen LogP contribution in [-0.4, -0.2) is 46.2 Å². The van der Waals surface area contributed by atoms with Crippen LogP contribution in [0.4, 0.5) is 0 Å². The van der Waals surface area contributed by atoms with Crippen molar-refractivity contribution in [1.82, 2.24) is 20.4 Å². The molecular weight excluding hydrogens is 432 g/mol. The molecule has 0 bridgehead atoms. The summed E-state index contributed by atoms with van der Waals surface area (Å²) >= 11 is 0. The van der Waals surface area contributed by atoms with E-state index < -0.39 is 0 Å². The van der Waals surface area contributed by atoms with Crippen LogP contribution in [-0.2, 0) is 0 Å². The summed E-state index contributed by atoms with van der Waals surface area (Å²) in [6.07, 6.45) is 4.66. The Balaban J connectivity index is 1.28. The van der Waals surface area contributed by atoms with E-state index in [2.05, 4.69) is 45.6 Å². The molecule has 1 atom stereocenters. The van der Waals surface area contributed by atoms with Crippen LogP contribution in [0.2, 0.25) is 0 Å². The average molecular weight is 461 g/mol. The lowest BCUT2D eigenvalue weighted by atomic mass is 9.88. The molecule has 1 aromatic heterocycles. The highest BCUT2D eigenvalue weighted by molar-refractivity contribution is 5.99. The van der Waals surface area contributed by atoms with E-state index in [1.807, 2.05) is 59.5 Å². The Bertz CT molecular complexity index is 1440. The highest BCUT2D eigenvalue weighted by Gasteiger charge is 2.40. The molecule has 3 aromatic carbocycles. The number of carbonyl (C=O) groups is 1.